The molecule has 1 aliphatic heterocycles. The smallest absolute Gasteiger partial charge is 0.276 e. The van der Waals surface area contributed by atoms with Gasteiger partial charge in [-0.15, -0.1) is 0 Å². The second-order valence-electron chi connectivity index (χ2n) is 7.83. The molecule has 1 N–H and O–H groups in total. The van der Waals surface area contributed by atoms with Gasteiger partial charge in [0, 0.05) is 19.3 Å². The van der Waals surface area contributed by atoms with Crippen molar-refractivity contribution in [3.63, 3.8) is 0 Å². The highest BCUT2D eigenvalue weighted by atomic mass is 16.5. The number of hydrogen-bond donors (Lipinski definition) is 1. The zero-order valence-electron chi connectivity index (χ0n) is 16.8. The highest BCUT2D eigenvalue weighted by Gasteiger charge is 2.22. The molecule has 0 saturated carbocycles. The van der Waals surface area contributed by atoms with E-state index in [0.29, 0.717) is 18.8 Å². The molecule has 3 heterocycles. The molecule has 2 aromatic heterocycles. The summed E-state index contributed by atoms with van der Waals surface area (Å²) in [7, 11) is 1.75. The Hall–Kier alpha value is -2.93. The SMILES string of the molecule is CN(Cc1ccn[nH]1)C(=O)c1cc(CN2CCC(Cc3ccccc3)CC2)on1. The lowest BCUT2D eigenvalue weighted by Crippen LogP contribution is -2.33. The molecule has 0 spiro atoms. The summed E-state index contributed by atoms with van der Waals surface area (Å²) >= 11 is 0. The summed E-state index contributed by atoms with van der Waals surface area (Å²) in [6, 6.07) is 14.3. The molecule has 1 saturated heterocycles. The molecule has 7 nitrogen and oxygen atoms in total. The summed E-state index contributed by atoms with van der Waals surface area (Å²) in [5.74, 6) is 1.32. The Kier molecular flexibility index (Phi) is 6.05. The van der Waals surface area contributed by atoms with Gasteiger partial charge in [0.05, 0.1) is 18.8 Å². The van der Waals surface area contributed by atoms with Gasteiger partial charge in [0.15, 0.2) is 11.5 Å². The molecule has 0 aliphatic carbocycles. The summed E-state index contributed by atoms with van der Waals surface area (Å²) in [5.41, 5.74) is 2.65. The number of likely N-dealkylation sites (tertiary alicyclic amines) is 1. The van der Waals surface area contributed by atoms with Crippen LogP contribution in [-0.2, 0) is 19.5 Å². The standard InChI is InChI=1S/C22H27N5O2/c1-26(15-19-7-10-23-24-19)22(28)21-14-20(29-25-21)16-27-11-8-18(9-12-27)13-17-5-3-2-4-6-17/h2-7,10,14,18H,8-9,11-13,15-16H2,1H3,(H,23,24). The number of hydrogen-bond acceptors (Lipinski definition) is 5. The minimum atomic E-state index is -0.156. The Labute approximate surface area is 170 Å². The molecule has 0 bridgehead atoms. The highest BCUT2D eigenvalue weighted by Crippen LogP contribution is 2.23. The molecule has 7 heteroatoms. The van der Waals surface area contributed by atoms with Crippen LogP contribution in [0.1, 0.15) is 40.3 Å². The van der Waals surface area contributed by atoms with Gasteiger partial charge in [0.25, 0.3) is 5.91 Å². The van der Waals surface area contributed by atoms with Crippen LogP contribution in [0.3, 0.4) is 0 Å². The molecule has 4 rings (SSSR count). The molecule has 1 amide bonds. The molecule has 1 aromatic carbocycles. The van der Waals surface area contributed by atoms with Gasteiger partial charge in [-0.1, -0.05) is 35.5 Å². The number of benzene rings is 1. The van der Waals surface area contributed by atoms with Crippen LogP contribution in [0.5, 0.6) is 0 Å². The number of piperidine rings is 1. The van der Waals surface area contributed by atoms with Crippen LogP contribution >= 0.6 is 0 Å². The van der Waals surface area contributed by atoms with Crippen LogP contribution in [0, 0.1) is 5.92 Å². The van der Waals surface area contributed by atoms with Crippen LogP contribution in [0.15, 0.2) is 53.2 Å². The lowest BCUT2D eigenvalue weighted by atomic mass is 9.90. The molecule has 152 valence electrons. The first-order chi connectivity index (χ1) is 14.2. The van der Waals surface area contributed by atoms with E-state index < -0.39 is 0 Å². The molecule has 0 atom stereocenters. The van der Waals surface area contributed by atoms with Crippen molar-refractivity contribution in [2.24, 2.45) is 5.92 Å². The molecule has 0 unspecified atom stereocenters. The van der Waals surface area contributed by atoms with E-state index in [0.717, 1.165) is 36.9 Å². The third kappa shape index (κ3) is 5.12. The summed E-state index contributed by atoms with van der Waals surface area (Å²) in [4.78, 5) is 16.5. The van der Waals surface area contributed by atoms with Gasteiger partial charge in [-0.2, -0.15) is 5.10 Å². The van der Waals surface area contributed by atoms with Crippen molar-refractivity contribution in [1.29, 1.82) is 0 Å². The average molecular weight is 393 g/mol. The maximum atomic E-state index is 12.5. The van der Waals surface area contributed by atoms with Crippen molar-refractivity contribution < 1.29 is 9.32 Å². The van der Waals surface area contributed by atoms with Crippen molar-refractivity contribution >= 4 is 5.91 Å². The minimum Gasteiger partial charge on any atom is -0.359 e. The van der Waals surface area contributed by atoms with Crippen molar-refractivity contribution in [2.45, 2.75) is 32.4 Å². The fourth-order valence-electron chi connectivity index (χ4n) is 3.90. The van der Waals surface area contributed by atoms with E-state index >= 15 is 0 Å². The first-order valence-electron chi connectivity index (χ1n) is 10.1. The summed E-state index contributed by atoms with van der Waals surface area (Å²) < 4.78 is 5.44. The number of carbonyl (C=O) groups is 1. The zero-order valence-corrected chi connectivity index (χ0v) is 16.8. The van der Waals surface area contributed by atoms with Crippen molar-refractivity contribution in [2.75, 3.05) is 20.1 Å². The number of H-pyrrole nitrogens is 1. The van der Waals surface area contributed by atoms with E-state index in [-0.39, 0.29) is 5.91 Å². The zero-order chi connectivity index (χ0) is 20.1. The molecule has 3 aromatic rings. The van der Waals surface area contributed by atoms with Gasteiger partial charge in [-0.3, -0.25) is 14.8 Å². The van der Waals surface area contributed by atoms with Crippen LogP contribution in [0.2, 0.25) is 0 Å². The summed E-state index contributed by atoms with van der Waals surface area (Å²) in [6.07, 6.45) is 5.19. The second kappa shape index (κ2) is 9.05. The number of nitrogens with zero attached hydrogens (tertiary/aromatic N) is 4. The fourth-order valence-corrected chi connectivity index (χ4v) is 3.90. The number of nitrogens with one attached hydrogen (secondary N) is 1. The Balaban J connectivity index is 1.26. The molecular formula is C22H27N5O2. The van der Waals surface area contributed by atoms with E-state index in [1.54, 1.807) is 24.2 Å². The first kappa shape index (κ1) is 19.4. The maximum Gasteiger partial charge on any atom is 0.276 e. The van der Waals surface area contributed by atoms with Gasteiger partial charge in [-0.05, 0) is 49.9 Å². The predicted molar refractivity (Wildman–Crippen MR) is 109 cm³/mol. The van der Waals surface area contributed by atoms with Crippen molar-refractivity contribution in [1.82, 2.24) is 25.2 Å². The van der Waals surface area contributed by atoms with E-state index in [1.807, 2.05) is 6.07 Å². The van der Waals surface area contributed by atoms with Gasteiger partial charge in [0.2, 0.25) is 0 Å². The Bertz CT molecular complexity index is 898. The summed E-state index contributed by atoms with van der Waals surface area (Å²) in [5, 5.41) is 10.7. The average Bonchev–Trinajstić information content (AvgIpc) is 3.42. The lowest BCUT2D eigenvalue weighted by Gasteiger charge is -2.31. The number of amides is 1. The first-order valence-corrected chi connectivity index (χ1v) is 10.1. The Morgan fingerprint density at radius 2 is 2.03 bits per heavy atom. The number of carbonyl (C=O) groups excluding carboxylic acids is 1. The van der Waals surface area contributed by atoms with Gasteiger partial charge >= 0.3 is 0 Å². The minimum absolute atomic E-state index is 0.156. The van der Waals surface area contributed by atoms with Gasteiger partial charge in [0.1, 0.15) is 0 Å². The molecular weight excluding hydrogens is 366 g/mol. The van der Waals surface area contributed by atoms with Crippen molar-refractivity contribution in [3.8, 4) is 0 Å². The van der Waals surface area contributed by atoms with Crippen molar-refractivity contribution in [3.05, 3.63) is 71.4 Å². The maximum absolute atomic E-state index is 12.5. The predicted octanol–water partition coefficient (Wildman–Crippen LogP) is 3.12. The van der Waals surface area contributed by atoms with E-state index in [9.17, 15) is 4.79 Å². The Morgan fingerprint density at radius 3 is 2.76 bits per heavy atom. The van der Waals surface area contributed by atoms with E-state index in [1.165, 1.54) is 18.4 Å². The monoisotopic (exact) mass is 393 g/mol. The molecule has 1 aliphatic rings. The largest absolute Gasteiger partial charge is 0.359 e. The molecule has 1 fully saturated rings. The molecule has 29 heavy (non-hydrogen) atoms. The fraction of sp³-hybridized carbons (Fsp3) is 0.409. The third-order valence-corrected chi connectivity index (χ3v) is 5.54. The summed E-state index contributed by atoms with van der Waals surface area (Å²) in [6.45, 7) is 3.24. The van der Waals surface area contributed by atoms with Gasteiger partial charge < -0.3 is 9.42 Å². The topological polar surface area (TPSA) is 78.3 Å². The number of aromatic amines is 1. The Morgan fingerprint density at radius 1 is 1.24 bits per heavy atom. The number of aromatic nitrogens is 3. The normalized spacial score (nSPS) is 15.5. The van der Waals surface area contributed by atoms with E-state index in [2.05, 4.69) is 50.6 Å². The van der Waals surface area contributed by atoms with E-state index in [4.69, 9.17) is 4.52 Å². The quantitative estimate of drug-likeness (QED) is 0.667. The second-order valence-corrected chi connectivity index (χ2v) is 7.83. The van der Waals surface area contributed by atoms with Crippen LogP contribution in [-0.4, -0.2) is 51.2 Å². The van der Waals surface area contributed by atoms with Gasteiger partial charge in [-0.25, -0.2) is 0 Å². The third-order valence-electron chi connectivity index (χ3n) is 5.54. The molecule has 0 radical (unpaired) electrons. The van der Waals surface area contributed by atoms with Crippen LogP contribution in [0.4, 0.5) is 0 Å². The lowest BCUT2D eigenvalue weighted by molar-refractivity contribution is 0.0772. The highest BCUT2D eigenvalue weighted by molar-refractivity contribution is 5.92. The number of rotatable bonds is 7. The van der Waals surface area contributed by atoms with Crippen LogP contribution in [0.25, 0.3) is 0 Å². The van der Waals surface area contributed by atoms with Crippen LogP contribution < -0.4 is 0 Å².